The summed E-state index contributed by atoms with van der Waals surface area (Å²) >= 11 is 12.0. The first-order valence-electron chi connectivity index (χ1n) is 7.38. The van der Waals surface area contributed by atoms with Crippen LogP contribution in [0.25, 0.3) is 0 Å². The van der Waals surface area contributed by atoms with Crippen molar-refractivity contribution >= 4 is 50.5 Å². The smallest absolute Gasteiger partial charge is 0.245 e. The monoisotopic (exact) mass is 400 g/mol. The zero-order valence-electron chi connectivity index (χ0n) is 14.0. The van der Waals surface area contributed by atoms with Crippen molar-refractivity contribution in [1.82, 2.24) is 0 Å². The highest BCUT2D eigenvalue weighted by Crippen LogP contribution is 2.30. The maximum atomic E-state index is 12.4. The summed E-state index contributed by atoms with van der Waals surface area (Å²) in [5, 5.41) is 3.12. The van der Waals surface area contributed by atoms with Crippen LogP contribution < -0.4 is 9.62 Å². The second-order valence-corrected chi connectivity index (χ2v) is 8.40. The van der Waals surface area contributed by atoms with Crippen LogP contribution in [-0.4, -0.2) is 27.1 Å². The molecule has 0 radical (unpaired) electrons. The molecule has 0 aliphatic carbocycles. The third kappa shape index (κ3) is 4.87. The molecule has 0 unspecified atom stereocenters. The van der Waals surface area contributed by atoms with E-state index in [0.29, 0.717) is 5.69 Å². The molecule has 134 valence electrons. The Balaban J connectivity index is 2.29. The fourth-order valence-electron chi connectivity index (χ4n) is 2.21. The summed E-state index contributed by atoms with van der Waals surface area (Å²) in [7, 11) is -3.65. The van der Waals surface area contributed by atoms with Crippen molar-refractivity contribution in [2.24, 2.45) is 0 Å². The largest absolute Gasteiger partial charge is 0.322 e. The molecule has 0 saturated carbocycles. The first kappa shape index (κ1) is 19.6. The van der Waals surface area contributed by atoms with Crippen LogP contribution in [0.3, 0.4) is 0 Å². The van der Waals surface area contributed by atoms with Crippen LogP contribution in [0.15, 0.2) is 36.4 Å². The van der Waals surface area contributed by atoms with Crippen molar-refractivity contribution in [2.45, 2.75) is 13.8 Å². The summed E-state index contributed by atoms with van der Waals surface area (Å²) in [6, 6.07) is 10.0. The van der Waals surface area contributed by atoms with Crippen LogP contribution in [0.5, 0.6) is 0 Å². The molecule has 2 aromatic carbocycles. The molecule has 0 aliphatic rings. The van der Waals surface area contributed by atoms with Crippen LogP contribution in [0, 0.1) is 13.8 Å². The number of halogens is 2. The van der Waals surface area contributed by atoms with Gasteiger partial charge in [-0.25, -0.2) is 8.42 Å². The van der Waals surface area contributed by atoms with Gasteiger partial charge >= 0.3 is 0 Å². The van der Waals surface area contributed by atoms with E-state index in [2.05, 4.69) is 5.32 Å². The number of benzene rings is 2. The minimum absolute atomic E-state index is 0.254. The Labute approximate surface area is 157 Å². The number of hydrogen-bond acceptors (Lipinski definition) is 3. The number of aryl methyl sites for hydroxylation is 2. The molecule has 1 amide bonds. The molecule has 8 heteroatoms. The summed E-state index contributed by atoms with van der Waals surface area (Å²) in [6.45, 7) is 3.42. The maximum Gasteiger partial charge on any atom is 0.245 e. The van der Waals surface area contributed by atoms with Crippen LogP contribution in [0.4, 0.5) is 11.4 Å². The lowest BCUT2D eigenvalue weighted by atomic mass is 10.1. The molecule has 0 bridgehead atoms. The molecule has 0 aromatic heterocycles. The van der Waals surface area contributed by atoms with E-state index in [1.54, 1.807) is 30.3 Å². The first-order valence-corrected chi connectivity index (χ1v) is 9.99. The Bertz CT molecular complexity index is 894. The summed E-state index contributed by atoms with van der Waals surface area (Å²) in [5.41, 5.74) is 2.64. The second kappa shape index (κ2) is 7.64. The van der Waals surface area contributed by atoms with E-state index in [9.17, 15) is 13.2 Å². The maximum absolute atomic E-state index is 12.4. The summed E-state index contributed by atoms with van der Waals surface area (Å²) in [6.07, 6.45) is 1.05. The molecule has 2 aromatic rings. The number of carbonyl (C=O) groups is 1. The number of nitrogens with zero attached hydrogens (tertiary/aromatic N) is 1. The molecule has 0 saturated heterocycles. The normalized spacial score (nSPS) is 11.2. The number of para-hydroxylation sites is 1. The first-order chi connectivity index (χ1) is 11.6. The Morgan fingerprint density at radius 3 is 2.20 bits per heavy atom. The van der Waals surface area contributed by atoms with Crippen LogP contribution in [0.1, 0.15) is 11.1 Å². The third-order valence-corrected chi connectivity index (χ3v) is 5.46. The quantitative estimate of drug-likeness (QED) is 0.823. The summed E-state index contributed by atoms with van der Waals surface area (Å²) in [5.74, 6) is -0.543. The molecule has 5 nitrogen and oxygen atoms in total. The summed E-state index contributed by atoms with van der Waals surface area (Å²) < 4.78 is 25.3. The number of rotatable bonds is 5. The SMILES string of the molecule is Cc1ccc(N(CC(=O)Nc2c(Cl)cccc2Cl)S(C)(=O)=O)cc1C. The van der Waals surface area contributed by atoms with Crippen LogP contribution in [0.2, 0.25) is 10.0 Å². The molecule has 0 heterocycles. The number of amides is 1. The zero-order valence-corrected chi connectivity index (χ0v) is 16.3. The van der Waals surface area contributed by atoms with Gasteiger partial charge in [0.2, 0.25) is 15.9 Å². The third-order valence-electron chi connectivity index (χ3n) is 3.69. The van der Waals surface area contributed by atoms with Gasteiger partial charge in [-0.15, -0.1) is 0 Å². The molecule has 0 fully saturated rings. The molecular formula is C17H18Cl2N2O3S. The van der Waals surface area contributed by atoms with Gasteiger partial charge in [-0.05, 0) is 49.2 Å². The Kier molecular flexibility index (Phi) is 5.98. The Hall–Kier alpha value is -1.76. The molecular weight excluding hydrogens is 383 g/mol. The minimum atomic E-state index is -3.65. The summed E-state index contributed by atoms with van der Waals surface area (Å²) in [4.78, 5) is 12.4. The van der Waals surface area contributed by atoms with Gasteiger partial charge in [-0.3, -0.25) is 9.10 Å². The lowest BCUT2D eigenvalue weighted by Crippen LogP contribution is -2.37. The predicted molar refractivity (Wildman–Crippen MR) is 103 cm³/mol. The van der Waals surface area contributed by atoms with Crippen molar-refractivity contribution in [3.05, 3.63) is 57.6 Å². The number of nitrogens with one attached hydrogen (secondary N) is 1. The van der Waals surface area contributed by atoms with E-state index in [0.717, 1.165) is 21.7 Å². The lowest BCUT2D eigenvalue weighted by molar-refractivity contribution is -0.114. The van der Waals surface area contributed by atoms with Gasteiger partial charge in [0.05, 0.1) is 27.7 Å². The van der Waals surface area contributed by atoms with Gasteiger partial charge < -0.3 is 5.32 Å². The van der Waals surface area contributed by atoms with Crippen molar-refractivity contribution in [2.75, 3.05) is 22.4 Å². The number of hydrogen-bond donors (Lipinski definition) is 1. The van der Waals surface area contributed by atoms with Gasteiger partial charge in [-0.1, -0.05) is 35.3 Å². The standard InChI is InChI=1S/C17H18Cl2N2O3S/c1-11-7-8-13(9-12(11)2)21(25(3,23)24)10-16(22)20-17-14(18)5-4-6-15(17)19/h4-9H,10H2,1-3H3,(H,20,22). The average molecular weight is 401 g/mol. The van der Waals surface area contributed by atoms with Gasteiger partial charge in [-0.2, -0.15) is 0 Å². The number of sulfonamides is 1. The second-order valence-electron chi connectivity index (χ2n) is 5.68. The fourth-order valence-corrected chi connectivity index (χ4v) is 3.55. The number of carbonyl (C=O) groups excluding carboxylic acids is 1. The van der Waals surface area contributed by atoms with Gasteiger partial charge in [0.1, 0.15) is 6.54 Å². The highest BCUT2D eigenvalue weighted by molar-refractivity contribution is 7.92. The highest BCUT2D eigenvalue weighted by atomic mass is 35.5. The Morgan fingerprint density at radius 2 is 1.68 bits per heavy atom. The van der Waals surface area contributed by atoms with Gasteiger partial charge in [0.15, 0.2) is 0 Å². The van der Waals surface area contributed by atoms with Crippen LogP contribution in [-0.2, 0) is 14.8 Å². The molecule has 0 aliphatic heterocycles. The highest BCUT2D eigenvalue weighted by Gasteiger charge is 2.22. The fraction of sp³-hybridized carbons (Fsp3) is 0.235. The lowest BCUT2D eigenvalue weighted by Gasteiger charge is -2.23. The topological polar surface area (TPSA) is 66.5 Å². The van der Waals surface area contributed by atoms with Crippen LogP contribution >= 0.6 is 23.2 Å². The van der Waals surface area contributed by atoms with Gasteiger partial charge in [0.25, 0.3) is 0 Å². The molecule has 2 rings (SSSR count). The molecule has 25 heavy (non-hydrogen) atoms. The predicted octanol–water partition coefficient (Wildman–Crippen LogP) is 4.01. The van der Waals surface area contributed by atoms with Crippen molar-refractivity contribution < 1.29 is 13.2 Å². The number of anilines is 2. The molecule has 0 spiro atoms. The Morgan fingerprint density at radius 1 is 1.08 bits per heavy atom. The average Bonchev–Trinajstić information content (AvgIpc) is 2.50. The minimum Gasteiger partial charge on any atom is -0.322 e. The molecule has 0 atom stereocenters. The van der Waals surface area contributed by atoms with E-state index in [1.165, 1.54) is 0 Å². The molecule has 1 N–H and O–H groups in total. The van der Waals surface area contributed by atoms with E-state index < -0.39 is 15.9 Å². The van der Waals surface area contributed by atoms with E-state index in [1.807, 2.05) is 19.9 Å². The van der Waals surface area contributed by atoms with Crippen molar-refractivity contribution in [1.29, 1.82) is 0 Å². The van der Waals surface area contributed by atoms with E-state index in [4.69, 9.17) is 23.2 Å². The van der Waals surface area contributed by atoms with E-state index in [-0.39, 0.29) is 22.3 Å². The zero-order chi connectivity index (χ0) is 18.8. The van der Waals surface area contributed by atoms with Gasteiger partial charge in [0, 0.05) is 0 Å². The van der Waals surface area contributed by atoms with Crippen molar-refractivity contribution in [3.63, 3.8) is 0 Å². The van der Waals surface area contributed by atoms with E-state index >= 15 is 0 Å². The van der Waals surface area contributed by atoms with Crippen molar-refractivity contribution in [3.8, 4) is 0 Å².